The molecule has 0 aromatic rings. The summed E-state index contributed by atoms with van der Waals surface area (Å²) < 4.78 is 17.6. The van der Waals surface area contributed by atoms with Crippen LogP contribution in [0, 0.1) is 17.3 Å². The van der Waals surface area contributed by atoms with Crippen LogP contribution >= 0.6 is 0 Å². The average molecular weight is 398 g/mol. The number of hydrogen-bond acceptors (Lipinski definition) is 4. The summed E-state index contributed by atoms with van der Waals surface area (Å²) in [6, 6.07) is 0. The van der Waals surface area contributed by atoms with Crippen LogP contribution in [-0.4, -0.2) is 44.3 Å². The molecule has 2 aliphatic heterocycles. The van der Waals surface area contributed by atoms with Crippen molar-refractivity contribution in [1.82, 2.24) is 5.32 Å². The van der Waals surface area contributed by atoms with Gasteiger partial charge >= 0.3 is 0 Å². The van der Waals surface area contributed by atoms with Crippen LogP contribution in [0.15, 0.2) is 0 Å². The molecule has 3 aliphatic rings. The molecular formula is C24H47NO3. The number of rotatable bonds is 7. The number of nitrogens with one attached hydrogen (secondary N) is 1. The Hall–Kier alpha value is -0.160. The molecule has 2 unspecified atom stereocenters. The van der Waals surface area contributed by atoms with Crippen molar-refractivity contribution in [1.29, 1.82) is 0 Å². The zero-order chi connectivity index (χ0) is 20.6. The lowest BCUT2D eigenvalue weighted by atomic mass is 9.64. The molecule has 3 rings (SSSR count). The summed E-state index contributed by atoms with van der Waals surface area (Å²) in [6.45, 7) is 17.8. The largest absolute Gasteiger partial charge is 0.379 e. The Kier molecular flexibility index (Phi) is 9.72. The van der Waals surface area contributed by atoms with Crippen molar-refractivity contribution in [2.24, 2.45) is 17.3 Å². The molecule has 2 saturated heterocycles. The van der Waals surface area contributed by atoms with Gasteiger partial charge in [0.2, 0.25) is 0 Å². The van der Waals surface area contributed by atoms with Crippen molar-refractivity contribution >= 4 is 0 Å². The molecule has 0 bridgehead atoms. The third-order valence-electron chi connectivity index (χ3n) is 7.43. The molecule has 0 aromatic heterocycles. The van der Waals surface area contributed by atoms with Gasteiger partial charge in [-0.05, 0) is 75.8 Å². The van der Waals surface area contributed by atoms with E-state index < -0.39 is 0 Å². The Labute approximate surface area is 174 Å². The highest BCUT2D eigenvalue weighted by atomic mass is 16.7. The number of ether oxygens (including phenoxy) is 3. The summed E-state index contributed by atoms with van der Waals surface area (Å²) in [6.07, 6.45) is 10.3. The molecule has 0 radical (unpaired) electrons. The van der Waals surface area contributed by atoms with Gasteiger partial charge in [0.05, 0.1) is 18.8 Å². The van der Waals surface area contributed by atoms with Crippen molar-refractivity contribution < 1.29 is 14.2 Å². The number of hydrogen-bond donors (Lipinski definition) is 1. The van der Waals surface area contributed by atoms with Gasteiger partial charge in [-0.1, -0.05) is 34.6 Å². The van der Waals surface area contributed by atoms with Crippen LogP contribution in [-0.2, 0) is 14.2 Å². The molecule has 2 heterocycles. The van der Waals surface area contributed by atoms with Crippen LogP contribution < -0.4 is 5.32 Å². The third-order valence-corrected chi connectivity index (χ3v) is 7.43. The minimum absolute atomic E-state index is 0.251. The normalized spacial score (nSPS) is 33.3. The predicted molar refractivity (Wildman–Crippen MR) is 117 cm³/mol. The molecule has 1 aliphatic carbocycles. The second kappa shape index (κ2) is 11.3. The lowest BCUT2D eigenvalue weighted by Crippen LogP contribution is -2.41. The van der Waals surface area contributed by atoms with Gasteiger partial charge in [0.15, 0.2) is 5.79 Å². The van der Waals surface area contributed by atoms with Gasteiger partial charge in [-0.25, -0.2) is 0 Å². The highest BCUT2D eigenvalue weighted by Gasteiger charge is 2.46. The maximum atomic E-state index is 6.33. The Balaban J connectivity index is 0.000000397. The zero-order valence-corrected chi connectivity index (χ0v) is 19.5. The molecule has 4 heteroatoms. The monoisotopic (exact) mass is 397 g/mol. The van der Waals surface area contributed by atoms with Crippen molar-refractivity contribution in [3.8, 4) is 0 Å². The van der Waals surface area contributed by atoms with E-state index in [2.05, 4.69) is 46.9 Å². The Bertz CT molecular complexity index is 424. The second-order valence-electron chi connectivity index (χ2n) is 10.1. The van der Waals surface area contributed by atoms with Gasteiger partial charge in [-0.15, -0.1) is 0 Å². The molecule has 0 amide bonds. The van der Waals surface area contributed by atoms with Crippen molar-refractivity contribution in [2.75, 3.05) is 26.3 Å². The van der Waals surface area contributed by atoms with E-state index in [1.807, 2.05) is 0 Å². The highest BCUT2D eigenvalue weighted by Crippen LogP contribution is 2.48. The minimum Gasteiger partial charge on any atom is -0.379 e. The first-order chi connectivity index (χ1) is 13.3. The van der Waals surface area contributed by atoms with Crippen LogP contribution in [0.3, 0.4) is 0 Å². The average Bonchev–Trinajstić information content (AvgIpc) is 3.29. The van der Waals surface area contributed by atoms with E-state index in [-0.39, 0.29) is 5.79 Å². The van der Waals surface area contributed by atoms with Crippen LogP contribution in [0.4, 0.5) is 0 Å². The first-order valence-corrected chi connectivity index (χ1v) is 11.9. The predicted octanol–water partition coefficient (Wildman–Crippen LogP) is 5.55. The van der Waals surface area contributed by atoms with E-state index in [1.165, 1.54) is 32.1 Å². The summed E-state index contributed by atoms with van der Waals surface area (Å²) in [4.78, 5) is 0. The maximum Gasteiger partial charge on any atom is 0.168 e. The Morgan fingerprint density at radius 2 is 1.82 bits per heavy atom. The molecule has 2 atom stereocenters. The van der Waals surface area contributed by atoms with Gasteiger partial charge in [-0.2, -0.15) is 0 Å². The first-order valence-electron chi connectivity index (χ1n) is 11.9. The van der Waals surface area contributed by atoms with Crippen LogP contribution in [0.2, 0.25) is 0 Å². The molecule has 4 nitrogen and oxygen atoms in total. The first kappa shape index (κ1) is 24.1. The molecule has 1 spiro atoms. The summed E-state index contributed by atoms with van der Waals surface area (Å²) in [5.41, 5.74) is 0.420. The highest BCUT2D eigenvalue weighted by molar-refractivity contribution is 4.91. The molecule has 3 fully saturated rings. The minimum atomic E-state index is -0.251. The van der Waals surface area contributed by atoms with Gasteiger partial charge < -0.3 is 19.5 Å². The quantitative estimate of drug-likeness (QED) is 0.572. The summed E-state index contributed by atoms with van der Waals surface area (Å²) in [5.74, 6) is 1.28. The zero-order valence-electron chi connectivity index (χ0n) is 19.5. The third kappa shape index (κ3) is 6.97. The summed E-state index contributed by atoms with van der Waals surface area (Å²) in [7, 11) is 0. The Morgan fingerprint density at radius 1 is 1.11 bits per heavy atom. The lowest BCUT2D eigenvalue weighted by molar-refractivity contribution is -0.198. The van der Waals surface area contributed by atoms with Crippen molar-refractivity contribution in [3.63, 3.8) is 0 Å². The molecule has 1 N–H and O–H groups in total. The van der Waals surface area contributed by atoms with E-state index in [1.54, 1.807) is 0 Å². The summed E-state index contributed by atoms with van der Waals surface area (Å²) in [5, 5.41) is 3.46. The molecule has 166 valence electrons. The van der Waals surface area contributed by atoms with E-state index in [0.29, 0.717) is 17.6 Å². The van der Waals surface area contributed by atoms with Gasteiger partial charge in [0.1, 0.15) is 0 Å². The Morgan fingerprint density at radius 3 is 2.32 bits per heavy atom. The van der Waals surface area contributed by atoms with Gasteiger partial charge in [0, 0.05) is 19.4 Å². The van der Waals surface area contributed by atoms with Gasteiger partial charge in [0.25, 0.3) is 0 Å². The van der Waals surface area contributed by atoms with E-state index in [9.17, 15) is 0 Å². The smallest absolute Gasteiger partial charge is 0.168 e. The van der Waals surface area contributed by atoms with E-state index in [0.717, 1.165) is 57.4 Å². The van der Waals surface area contributed by atoms with Gasteiger partial charge in [-0.3, -0.25) is 0 Å². The SMILES string of the molecule is CC1CCCO1.CCCNCCC1COC2(CCC(C(C)(C)C(C)C)CC2)O1. The lowest BCUT2D eigenvalue weighted by Gasteiger charge is -2.44. The second-order valence-corrected chi connectivity index (χ2v) is 10.1. The fourth-order valence-corrected chi connectivity index (χ4v) is 4.60. The fourth-order valence-electron chi connectivity index (χ4n) is 4.60. The van der Waals surface area contributed by atoms with Crippen molar-refractivity contribution in [2.45, 2.75) is 111 Å². The van der Waals surface area contributed by atoms with Crippen LogP contribution in [0.1, 0.15) is 92.9 Å². The molecule has 28 heavy (non-hydrogen) atoms. The molecule has 1 saturated carbocycles. The standard InChI is InChI=1S/C19H37NO2.C5H10O/c1-6-12-20-13-9-17-14-21-19(22-17)10-7-16(8-11-19)18(4,5)15(2)3;1-5-3-2-4-6-5/h15-17,20H,6-14H2,1-5H3;5H,2-4H2,1H3. The van der Waals surface area contributed by atoms with Crippen LogP contribution in [0.25, 0.3) is 0 Å². The van der Waals surface area contributed by atoms with E-state index >= 15 is 0 Å². The fraction of sp³-hybridized carbons (Fsp3) is 1.00. The topological polar surface area (TPSA) is 39.7 Å². The summed E-state index contributed by atoms with van der Waals surface area (Å²) >= 11 is 0. The molecule has 0 aromatic carbocycles. The molecular weight excluding hydrogens is 350 g/mol. The van der Waals surface area contributed by atoms with Crippen LogP contribution in [0.5, 0.6) is 0 Å². The maximum absolute atomic E-state index is 6.33. The van der Waals surface area contributed by atoms with Crippen molar-refractivity contribution in [3.05, 3.63) is 0 Å². The van der Waals surface area contributed by atoms with E-state index in [4.69, 9.17) is 14.2 Å².